The molecule has 3 rings (SSSR count). The third-order valence-corrected chi connectivity index (χ3v) is 4.89. The maximum Gasteiger partial charge on any atom is 0.0396 e. The van der Waals surface area contributed by atoms with Crippen molar-refractivity contribution in [3.05, 3.63) is 29.8 Å². The van der Waals surface area contributed by atoms with Crippen LogP contribution < -0.4 is 10.2 Å². The third kappa shape index (κ3) is 1.93. The van der Waals surface area contributed by atoms with Gasteiger partial charge in [-0.3, -0.25) is 0 Å². The van der Waals surface area contributed by atoms with Gasteiger partial charge in [0.05, 0.1) is 0 Å². The summed E-state index contributed by atoms with van der Waals surface area (Å²) in [6, 6.07) is 9.52. The van der Waals surface area contributed by atoms with Gasteiger partial charge in [0.1, 0.15) is 0 Å². The average Bonchev–Trinajstić information content (AvgIpc) is 2.66. The van der Waals surface area contributed by atoms with Crippen molar-refractivity contribution in [1.82, 2.24) is 5.32 Å². The van der Waals surface area contributed by atoms with Crippen LogP contribution in [0, 0.1) is 18.3 Å². The molecule has 2 aliphatic rings. The van der Waals surface area contributed by atoms with Gasteiger partial charge in [-0.05, 0) is 36.3 Å². The van der Waals surface area contributed by atoms with Crippen LogP contribution >= 0.6 is 0 Å². The van der Waals surface area contributed by atoms with E-state index in [1.54, 1.807) is 0 Å². The molecule has 2 fully saturated rings. The van der Waals surface area contributed by atoms with Crippen molar-refractivity contribution < 1.29 is 0 Å². The lowest BCUT2D eigenvalue weighted by Crippen LogP contribution is -2.47. The Hall–Kier alpha value is -1.02. The average molecular weight is 244 g/mol. The molecule has 0 bridgehead atoms. The molecule has 0 amide bonds. The fraction of sp³-hybridized carbons (Fsp3) is 0.625. The molecule has 0 aliphatic carbocycles. The molecular formula is C16H24N2. The standard InChI is InChI=1S/C16H24N2/c1-12-6-4-5-7-15(12)18-9-8-14-13(10-18)16(2,3)11-17-14/h4-7,13-14,17H,8-11H2,1-3H3. The first-order chi connectivity index (χ1) is 8.58. The van der Waals surface area contributed by atoms with Gasteiger partial charge in [0.15, 0.2) is 0 Å². The summed E-state index contributed by atoms with van der Waals surface area (Å²) in [7, 11) is 0. The number of para-hydroxylation sites is 1. The van der Waals surface area contributed by atoms with E-state index in [4.69, 9.17) is 0 Å². The Labute approximate surface area is 110 Å². The molecule has 0 spiro atoms. The summed E-state index contributed by atoms with van der Waals surface area (Å²) in [5.41, 5.74) is 3.27. The van der Waals surface area contributed by atoms with Gasteiger partial charge in [0, 0.05) is 31.4 Å². The van der Waals surface area contributed by atoms with Gasteiger partial charge in [-0.25, -0.2) is 0 Å². The zero-order valence-corrected chi connectivity index (χ0v) is 11.7. The molecule has 2 heteroatoms. The Bertz CT molecular complexity index is 438. The van der Waals surface area contributed by atoms with Crippen molar-refractivity contribution in [2.45, 2.75) is 33.2 Å². The monoisotopic (exact) mass is 244 g/mol. The number of rotatable bonds is 1. The van der Waals surface area contributed by atoms with Gasteiger partial charge >= 0.3 is 0 Å². The van der Waals surface area contributed by atoms with Crippen molar-refractivity contribution in [3.63, 3.8) is 0 Å². The van der Waals surface area contributed by atoms with Crippen LogP contribution in [0.2, 0.25) is 0 Å². The minimum absolute atomic E-state index is 0.437. The Kier molecular flexibility index (Phi) is 2.86. The maximum atomic E-state index is 3.71. The Morgan fingerprint density at radius 2 is 2.06 bits per heavy atom. The summed E-state index contributed by atoms with van der Waals surface area (Å²) in [6.07, 6.45) is 1.28. The van der Waals surface area contributed by atoms with Gasteiger partial charge in [-0.1, -0.05) is 32.0 Å². The molecule has 1 aromatic carbocycles. The van der Waals surface area contributed by atoms with E-state index in [-0.39, 0.29) is 0 Å². The summed E-state index contributed by atoms with van der Waals surface area (Å²) in [4.78, 5) is 2.59. The highest BCUT2D eigenvalue weighted by Crippen LogP contribution is 2.39. The first kappa shape index (κ1) is 12.0. The number of hydrogen-bond acceptors (Lipinski definition) is 2. The molecule has 2 aliphatic heterocycles. The lowest BCUT2D eigenvalue weighted by molar-refractivity contribution is 0.237. The van der Waals surface area contributed by atoms with Crippen molar-refractivity contribution >= 4 is 5.69 Å². The minimum atomic E-state index is 0.437. The summed E-state index contributed by atoms with van der Waals surface area (Å²) in [5, 5.41) is 3.71. The number of hydrogen-bond donors (Lipinski definition) is 1. The molecular weight excluding hydrogens is 220 g/mol. The highest BCUT2D eigenvalue weighted by Gasteiger charge is 2.44. The highest BCUT2D eigenvalue weighted by molar-refractivity contribution is 5.53. The molecule has 2 atom stereocenters. The molecule has 0 radical (unpaired) electrons. The highest BCUT2D eigenvalue weighted by atomic mass is 15.2. The second-order valence-corrected chi connectivity index (χ2v) is 6.60. The van der Waals surface area contributed by atoms with Crippen molar-refractivity contribution in [3.8, 4) is 0 Å². The van der Waals surface area contributed by atoms with Crippen LogP contribution in [0.1, 0.15) is 25.8 Å². The summed E-state index contributed by atoms with van der Waals surface area (Å²) in [5.74, 6) is 0.783. The minimum Gasteiger partial charge on any atom is -0.371 e. The van der Waals surface area contributed by atoms with Gasteiger partial charge in [0.2, 0.25) is 0 Å². The van der Waals surface area contributed by atoms with E-state index in [0.717, 1.165) is 12.0 Å². The quantitative estimate of drug-likeness (QED) is 0.817. The molecule has 1 aromatic rings. The van der Waals surface area contributed by atoms with Crippen LogP contribution in [0.3, 0.4) is 0 Å². The predicted octanol–water partition coefficient (Wildman–Crippen LogP) is 2.82. The second-order valence-electron chi connectivity index (χ2n) is 6.60. The SMILES string of the molecule is Cc1ccccc1N1CCC2NCC(C)(C)C2C1. The lowest BCUT2D eigenvalue weighted by atomic mass is 9.76. The van der Waals surface area contributed by atoms with Crippen LogP contribution in [0.4, 0.5) is 5.69 Å². The first-order valence-corrected chi connectivity index (χ1v) is 7.12. The maximum absolute atomic E-state index is 3.71. The molecule has 2 saturated heterocycles. The molecule has 1 N–H and O–H groups in total. The van der Waals surface area contributed by atoms with Crippen molar-refractivity contribution in [2.75, 3.05) is 24.5 Å². The van der Waals surface area contributed by atoms with E-state index in [2.05, 4.69) is 55.3 Å². The van der Waals surface area contributed by atoms with Gasteiger partial charge in [-0.15, -0.1) is 0 Å². The van der Waals surface area contributed by atoms with Crippen LogP contribution in [0.5, 0.6) is 0 Å². The molecule has 0 aromatic heterocycles. The van der Waals surface area contributed by atoms with Crippen LogP contribution in [-0.4, -0.2) is 25.7 Å². The van der Waals surface area contributed by atoms with Gasteiger partial charge in [-0.2, -0.15) is 0 Å². The van der Waals surface area contributed by atoms with Crippen molar-refractivity contribution in [1.29, 1.82) is 0 Å². The number of nitrogens with zero attached hydrogens (tertiary/aromatic N) is 1. The lowest BCUT2D eigenvalue weighted by Gasteiger charge is -2.41. The fourth-order valence-electron chi connectivity index (χ4n) is 3.65. The largest absolute Gasteiger partial charge is 0.371 e. The second kappa shape index (κ2) is 4.27. The topological polar surface area (TPSA) is 15.3 Å². The Morgan fingerprint density at radius 1 is 1.28 bits per heavy atom. The molecule has 18 heavy (non-hydrogen) atoms. The zero-order valence-electron chi connectivity index (χ0n) is 11.7. The molecule has 98 valence electrons. The smallest absolute Gasteiger partial charge is 0.0396 e. The number of anilines is 1. The van der Waals surface area contributed by atoms with Crippen molar-refractivity contribution in [2.24, 2.45) is 11.3 Å². The Morgan fingerprint density at radius 3 is 2.83 bits per heavy atom. The summed E-state index contributed by atoms with van der Waals surface area (Å²) < 4.78 is 0. The third-order valence-electron chi connectivity index (χ3n) is 4.89. The van der Waals surface area contributed by atoms with Crippen LogP contribution in [0.25, 0.3) is 0 Å². The first-order valence-electron chi connectivity index (χ1n) is 7.12. The molecule has 0 saturated carbocycles. The molecule has 2 unspecified atom stereocenters. The predicted molar refractivity (Wildman–Crippen MR) is 77.1 cm³/mol. The molecule has 2 heterocycles. The number of aryl methyl sites for hydroxylation is 1. The van der Waals surface area contributed by atoms with E-state index in [0.29, 0.717) is 5.41 Å². The van der Waals surface area contributed by atoms with Gasteiger partial charge < -0.3 is 10.2 Å². The van der Waals surface area contributed by atoms with Crippen LogP contribution in [-0.2, 0) is 0 Å². The number of nitrogens with one attached hydrogen (secondary N) is 1. The zero-order chi connectivity index (χ0) is 12.8. The van der Waals surface area contributed by atoms with E-state index in [1.807, 2.05) is 0 Å². The number of fused-ring (bicyclic) bond motifs is 1. The normalized spacial score (nSPS) is 30.3. The van der Waals surface area contributed by atoms with Crippen LogP contribution in [0.15, 0.2) is 24.3 Å². The summed E-state index contributed by atoms with van der Waals surface area (Å²) in [6.45, 7) is 10.6. The number of piperidine rings is 1. The van der Waals surface area contributed by atoms with E-state index < -0.39 is 0 Å². The van der Waals surface area contributed by atoms with E-state index >= 15 is 0 Å². The van der Waals surface area contributed by atoms with E-state index in [1.165, 1.54) is 37.3 Å². The Balaban J connectivity index is 1.83. The molecule has 2 nitrogen and oxygen atoms in total. The summed E-state index contributed by atoms with van der Waals surface area (Å²) >= 11 is 0. The van der Waals surface area contributed by atoms with E-state index in [9.17, 15) is 0 Å². The fourth-order valence-corrected chi connectivity index (χ4v) is 3.65. The van der Waals surface area contributed by atoms with Gasteiger partial charge in [0.25, 0.3) is 0 Å². The number of benzene rings is 1.